The molecule has 1 unspecified atom stereocenters. The number of aliphatic hydroxyl groups is 1. The van der Waals surface area contributed by atoms with Gasteiger partial charge in [-0.3, -0.25) is 4.79 Å². The molecule has 3 rings (SSSR count). The molecule has 2 aromatic carbocycles. The molecule has 0 aliphatic carbocycles. The molecule has 0 radical (unpaired) electrons. The van der Waals surface area contributed by atoms with E-state index in [-0.39, 0.29) is 5.91 Å². The Morgan fingerprint density at radius 2 is 1.85 bits per heavy atom. The highest BCUT2D eigenvalue weighted by Gasteiger charge is 2.28. The maximum Gasteiger partial charge on any atom is 0.258 e. The summed E-state index contributed by atoms with van der Waals surface area (Å²) in [6.07, 6.45) is 0.0985. The van der Waals surface area contributed by atoms with Crippen LogP contribution in [0.2, 0.25) is 0 Å². The van der Waals surface area contributed by atoms with Crippen molar-refractivity contribution in [3.8, 4) is 0 Å². The molecule has 2 aromatic rings. The minimum Gasteiger partial charge on any atom is -0.388 e. The van der Waals surface area contributed by atoms with Crippen molar-refractivity contribution in [2.24, 2.45) is 0 Å². The molecular weight excluding hydrogens is 250 g/mol. The van der Waals surface area contributed by atoms with Crippen molar-refractivity contribution in [3.05, 3.63) is 65.2 Å². The number of carbonyl (C=O) groups is 1. The summed E-state index contributed by atoms with van der Waals surface area (Å²) >= 11 is 0. The van der Waals surface area contributed by atoms with Crippen LogP contribution < -0.4 is 4.90 Å². The molecule has 0 spiro atoms. The zero-order chi connectivity index (χ0) is 14.1. The van der Waals surface area contributed by atoms with Gasteiger partial charge in [0, 0.05) is 23.4 Å². The van der Waals surface area contributed by atoms with E-state index in [9.17, 15) is 9.90 Å². The van der Waals surface area contributed by atoms with Gasteiger partial charge in [-0.1, -0.05) is 36.4 Å². The zero-order valence-corrected chi connectivity index (χ0v) is 11.4. The van der Waals surface area contributed by atoms with Crippen LogP contribution in [0.25, 0.3) is 0 Å². The predicted octanol–water partition coefficient (Wildman–Crippen LogP) is 3.08. The molecule has 1 N–H and O–H groups in total. The van der Waals surface area contributed by atoms with E-state index in [0.29, 0.717) is 13.0 Å². The lowest BCUT2D eigenvalue weighted by Crippen LogP contribution is -2.37. The number of para-hydroxylation sites is 1. The number of aryl methyl sites for hydroxylation is 1. The Bertz CT molecular complexity index is 651. The van der Waals surface area contributed by atoms with Gasteiger partial charge in [0.25, 0.3) is 5.91 Å². The highest BCUT2D eigenvalue weighted by atomic mass is 16.3. The van der Waals surface area contributed by atoms with Gasteiger partial charge in [0.15, 0.2) is 0 Å². The SMILES string of the molecule is Cc1ccccc1C(=O)N1CCC(O)c2ccccc21. The maximum absolute atomic E-state index is 12.7. The zero-order valence-electron chi connectivity index (χ0n) is 11.4. The molecule has 0 saturated carbocycles. The number of aliphatic hydroxyl groups excluding tert-OH is 1. The summed E-state index contributed by atoms with van der Waals surface area (Å²) in [5.41, 5.74) is 3.35. The molecule has 3 heteroatoms. The third-order valence-corrected chi connectivity index (χ3v) is 3.83. The number of anilines is 1. The van der Waals surface area contributed by atoms with Gasteiger partial charge in [-0.15, -0.1) is 0 Å². The molecule has 1 aliphatic heterocycles. The smallest absolute Gasteiger partial charge is 0.258 e. The van der Waals surface area contributed by atoms with Gasteiger partial charge >= 0.3 is 0 Å². The molecule has 3 nitrogen and oxygen atoms in total. The third-order valence-electron chi connectivity index (χ3n) is 3.83. The van der Waals surface area contributed by atoms with Gasteiger partial charge in [-0.2, -0.15) is 0 Å². The average molecular weight is 267 g/mol. The molecule has 1 heterocycles. The van der Waals surface area contributed by atoms with Crippen molar-refractivity contribution < 1.29 is 9.90 Å². The molecular formula is C17H17NO2. The van der Waals surface area contributed by atoms with E-state index in [1.165, 1.54) is 0 Å². The van der Waals surface area contributed by atoms with Crippen molar-refractivity contribution in [2.45, 2.75) is 19.4 Å². The molecule has 0 aromatic heterocycles. The molecule has 1 aliphatic rings. The van der Waals surface area contributed by atoms with Crippen LogP contribution in [0.15, 0.2) is 48.5 Å². The van der Waals surface area contributed by atoms with Crippen molar-refractivity contribution in [1.29, 1.82) is 0 Å². The standard InChI is InChI=1S/C17H17NO2/c1-12-6-2-3-7-13(12)17(20)18-11-10-16(19)14-8-4-5-9-15(14)18/h2-9,16,19H,10-11H2,1H3. The molecule has 20 heavy (non-hydrogen) atoms. The topological polar surface area (TPSA) is 40.5 Å². The maximum atomic E-state index is 12.7. The fraction of sp³-hybridized carbons (Fsp3) is 0.235. The summed E-state index contributed by atoms with van der Waals surface area (Å²) < 4.78 is 0. The second-order valence-corrected chi connectivity index (χ2v) is 5.14. The second-order valence-electron chi connectivity index (χ2n) is 5.14. The average Bonchev–Trinajstić information content (AvgIpc) is 2.48. The normalized spacial score (nSPS) is 17.7. The highest BCUT2D eigenvalue weighted by molar-refractivity contribution is 6.07. The van der Waals surface area contributed by atoms with Gasteiger partial charge in [0.2, 0.25) is 0 Å². The summed E-state index contributed by atoms with van der Waals surface area (Å²) in [7, 11) is 0. The van der Waals surface area contributed by atoms with Crippen molar-refractivity contribution in [1.82, 2.24) is 0 Å². The van der Waals surface area contributed by atoms with Crippen LogP contribution in [0.3, 0.4) is 0 Å². The first kappa shape index (κ1) is 12.9. The first-order chi connectivity index (χ1) is 9.68. The van der Waals surface area contributed by atoms with Crippen LogP contribution >= 0.6 is 0 Å². The van der Waals surface area contributed by atoms with E-state index in [1.807, 2.05) is 55.5 Å². The Morgan fingerprint density at radius 1 is 1.15 bits per heavy atom. The molecule has 0 bridgehead atoms. The summed E-state index contributed by atoms with van der Waals surface area (Å²) in [6, 6.07) is 15.2. The van der Waals surface area contributed by atoms with Crippen molar-refractivity contribution >= 4 is 11.6 Å². The predicted molar refractivity (Wildman–Crippen MR) is 78.9 cm³/mol. The van der Waals surface area contributed by atoms with Gasteiger partial charge in [0.1, 0.15) is 0 Å². The summed E-state index contributed by atoms with van der Waals surface area (Å²) in [5.74, 6) is 0.00227. The molecule has 1 atom stereocenters. The lowest BCUT2D eigenvalue weighted by molar-refractivity contribution is 0.0970. The van der Waals surface area contributed by atoms with Crippen LogP contribution in [0.1, 0.15) is 34.0 Å². The van der Waals surface area contributed by atoms with E-state index in [2.05, 4.69) is 0 Å². The number of hydrogen-bond donors (Lipinski definition) is 1. The summed E-state index contributed by atoms with van der Waals surface area (Å²) in [4.78, 5) is 14.5. The van der Waals surface area contributed by atoms with E-state index >= 15 is 0 Å². The summed E-state index contributed by atoms with van der Waals surface area (Å²) in [5, 5.41) is 10.0. The number of carbonyl (C=O) groups excluding carboxylic acids is 1. The highest BCUT2D eigenvalue weighted by Crippen LogP contribution is 2.34. The minimum absolute atomic E-state index is 0.00227. The fourth-order valence-electron chi connectivity index (χ4n) is 2.71. The van der Waals surface area contributed by atoms with Gasteiger partial charge in [-0.25, -0.2) is 0 Å². The molecule has 1 amide bonds. The van der Waals surface area contributed by atoms with E-state index < -0.39 is 6.10 Å². The van der Waals surface area contributed by atoms with Crippen LogP contribution in [0, 0.1) is 6.92 Å². The van der Waals surface area contributed by atoms with E-state index in [0.717, 1.165) is 22.4 Å². The molecule has 0 saturated heterocycles. The van der Waals surface area contributed by atoms with Crippen molar-refractivity contribution in [2.75, 3.05) is 11.4 Å². The Morgan fingerprint density at radius 3 is 2.65 bits per heavy atom. The largest absolute Gasteiger partial charge is 0.388 e. The number of hydrogen-bond acceptors (Lipinski definition) is 2. The quantitative estimate of drug-likeness (QED) is 0.862. The molecule has 102 valence electrons. The second kappa shape index (κ2) is 5.10. The van der Waals surface area contributed by atoms with Crippen LogP contribution in [0.5, 0.6) is 0 Å². The van der Waals surface area contributed by atoms with E-state index in [4.69, 9.17) is 0 Å². The first-order valence-corrected chi connectivity index (χ1v) is 6.83. The Labute approximate surface area is 118 Å². The minimum atomic E-state index is -0.480. The molecule has 0 fully saturated rings. The van der Waals surface area contributed by atoms with Gasteiger partial charge in [0.05, 0.1) is 6.10 Å². The number of amides is 1. The first-order valence-electron chi connectivity index (χ1n) is 6.83. The summed E-state index contributed by atoms with van der Waals surface area (Å²) in [6.45, 7) is 2.49. The van der Waals surface area contributed by atoms with Crippen LogP contribution in [-0.4, -0.2) is 17.6 Å². The lowest BCUT2D eigenvalue weighted by atomic mass is 9.97. The number of nitrogens with zero attached hydrogens (tertiary/aromatic N) is 1. The van der Waals surface area contributed by atoms with Gasteiger partial charge in [-0.05, 0) is 31.0 Å². The third kappa shape index (κ3) is 2.10. The Kier molecular flexibility index (Phi) is 3.28. The van der Waals surface area contributed by atoms with Crippen LogP contribution in [-0.2, 0) is 0 Å². The van der Waals surface area contributed by atoms with Gasteiger partial charge < -0.3 is 10.0 Å². The number of rotatable bonds is 1. The van der Waals surface area contributed by atoms with E-state index in [1.54, 1.807) is 4.90 Å². The number of fused-ring (bicyclic) bond motifs is 1. The Hall–Kier alpha value is -2.13. The fourth-order valence-corrected chi connectivity index (χ4v) is 2.71. The Balaban J connectivity index is 2.02. The number of benzene rings is 2. The monoisotopic (exact) mass is 267 g/mol. The van der Waals surface area contributed by atoms with Crippen LogP contribution in [0.4, 0.5) is 5.69 Å². The van der Waals surface area contributed by atoms with Crippen molar-refractivity contribution in [3.63, 3.8) is 0 Å². The lowest BCUT2D eigenvalue weighted by Gasteiger charge is -2.32.